The lowest BCUT2D eigenvalue weighted by molar-refractivity contribution is 0.612. The molecule has 0 N–H and O–H groups in total. The van der Waals surface area contributed by atoms with Gasteiger partial charge in [-0.3, -0.25) is 9.98 Å². The maximum atomic E-state index is 14.4. The summed E-state index contributed by atoms with van der Waals surface area (Å²) in [6, 6.07) is 6.96. The summed E-state index contributed by atoms with van der Waals surface area (Å²) in [6.07, 6.45) is 3.67. The van der Waals surface area contributed by atoms with Crippen LogP contribution in [0.4, 0.5) is 4.39 Å². The first-order chi connectivity index (χ1) is 12.3. The van der Waals surface area contributed by atoms with Crippen molar-refractivity contribution >= 4 is 39.3 Å². The Balaban J connectivity index is 1.55. The van der Waals surface area contributed by atoms with Gasteiger partial charge in [-0.25, -0.2) is 9.38 Å². The molecule has 0 saturated heterocycles. The van der Waals surface area contributed by atoms with E-state index in [2.05, 4.69) is 30.3 Å². The number of hydrogen-bond acceptors (Lipinski definition) is 7. The number of hydrogen-bond donors (Lipinski definition) is 0. The zero-order valence-corrected chi connectivity index (χ0v) is 13.6. The van der Waals surface area contributed by atoms with Crippen LogP contribution in [0.2, 0.25) is 0 Å². The molecule has 0 aliphatic carbocycles. The fraction of sp³-hybridized carbons (Fsp3) is 0.125. The van der Waals surface area contributed by atoms with Crippen LogP contribution in [0.5, 0.6) is 0 Å². The Kier molecular flexibility index (Phi) is 3.14. The van der Waals surface area contributed by atoms with Gasteiger partial charge in [-0.1, -0.05) is 17.4 Å². The standard InChI is InChI=1S/C16H10FN7S/c17-11-8-12-9(2-1-3-18-12)6-10(11)7-13-21-22-16-24(13)23-15(25-16)14-19-4-5-20-14/h1-4,6,8H,5,7H2. The first-order valence-corrected chi connectivity index (χ1v) is 8.41. The molecule has 3 aromatic heterocycles. The normalized spacial score (nSPS) is 13.9. The molecule has 0 spiro atoms. The lowest BCUT2D eigenvalue weighted by atomic mass is 10.1. The highest BCUT2D eigenvalue weighted by atomic mass is 32.1. The Bertz CT molecular complexity index is 1170. The summed E-state index contributed by atoms with van der Waals surface area (Å²) in [5.41, 5.74) is 1.16. The molecule has 7 nitrogen and oxygen atoms in total. The highest BCUT2D eigenvalue weighted by Gasteiger charge is 2.17. The van der Waals surface area contributed by atoms with E-state index < -0.39 is 0 Å². The zero-order chi connectivity index (χ0) is 16.8. The van der Waals surface area contributed by atoms with Gasteiger partial charge in [0.25, 0.3) is 0 Å². The molecule has 5 rings (SSSR count). The van der Waals surface area contributed by atoms with E-state index in [1.54, 1.807) is 23.0 Å². The maximum absolute atomic E-state index is 14.4. The minimum atomic E-state index is -0.317. The van der Waals surface area contributed by atoms with Crippen molar-refractivity contribution in [2.75, 3.05) is 6.54 Å². The second-order valence-electron chi connectivity index (χ2n) is 5.51. The molecule has 1 aromatic carbocycles. The van der Waals surface area contributed by atoms with Crippen molar-refractivity contribution in [3.8, 4) is 0 Å². The SMILES string of the molecule is Fc1cc2ncccc2cc1Cc1nnc2sc(C3=NCC=N3)nn12. The number of aromatic nitrogens is 5. The maximum Gasteiger partial charge on any atom is 0.235 e. The van der Waals surface area contributed by atoms with E-state index in [1.807, 2.05) is 12.1 Å². The summed E-state index contributed by atoms with van der Waals surface area (Å²) in [7, 11) is 0. The smallest absolute Gasteiger partial charge is 0.235 e. The number of fused-ring (bicyclic) bond motifs is 2. The highest BCUT2D eigenvalue weighted by molar-refractivity contribution is 7.18. The number of aliphatic imine (C=N–C) groups is 2. The molecule has 1 aliphatic heterocycles. The van der Waals surface area contributed by atoms with Crippen molar-refractivity contribution in [1.29, 1.82) is 0 Å². The van der Waals surface area contributed by atoms with Gasteiger partial charge in [0.1, 0.15) is 5.82 Å². The third-order valence-corrected chi connectivity index (χ3v) is 4.80. The van der Waals surface area contributed by atoms with Crippen LogP contribution in [0.1, 0.15) is 16.4 Å². The van der Waals surface area contributed by atoms with Crippen molar-refractivity contribution in [2.45, 2.75) is 6.42 Å². The Morgan fingerprint density at radius 3 is 3.08 bits per heavy atom. The van der Waals surface area contributed by atoms with E-state index in [-0.39, 0.29) is 12.2 Å². The molecule has 0 bridgehead atoms. The van der Waals surface area contributed by atoms with E-state index in [1.165, 1.54) is 17.4 Å². The molecule has 0 saturated carbocycles. The van der Waals surface area contributed by atoms with E-state index in [0.717, 1.165) is 5.39 Å². The molecule has 4 heterocycles. The second-order valence-corrected chi connectivity index (χ2v) is 6.47. The second kappa shape index (κ2) is 5.49. The number of nitrogens with zero attached hydrogens (tertiary/aromatic N) is 7. The molecule has 0 unspecified atom stereocenters. The quantitative estimate of drug-likeness (QED) is 0.567. The van der Waals surface area contributed by atoms with Gasteiger partial charge in [-0.2, -0.15) is 4.52 Å². The van der Waals surface area contributed by atoms with Crippen LogP contribution in [-0.4, -0.2) is 43.4 Å². The van der Waals surface area contributed by atoms with Crippen molar-refractivity contribution < 1.29 is 4.39 Å². The third-order valence-electron chi connectivity index (χ3n) is 3.90. The van der Waals surface area contributed by atoms with Gasteiger partial charge in [0.15, 0.2) is 16.7 Å². The van der Waals surface area contributed by atoms with Gasteiger partial charge in [0.2, 0.25) is 4.96 Å². The van der Waals surface area contributed by atoms with E-state index in [9.17, 15) is 4.39 Å². The summed E-state index contributed by atoms with van der Waals surface area (Å²) >= 11 is 1.36. The summed E-state index contributed by atoms with van der Waals surface area (Å²) in [5, 5.41) is 14.3. The molecule has 1 aliphatic rings. The molecule has 0 amide bonds. The van der Waals surface area contributed by atoms with Crippen LogP contribution in [0.25, 0.3) is 15.9 Å². The van der Waals surface area contributed by atoms with E-state index >= 15 is 0 Å². The summed E-state index contributed by atoms with van der Waals surface area (Å²) < 4.78 is 16.0. The van der Waals surface area contributed by atoms with Crippen molar-refractivity contribution in [3.05, 3.63) is 52.7 Å². The Morgan fingerprint density at radius 2 is 2.20 bits per heavy atom. The molecule has 25 heavy (non-hydrogen) atoms. The Labute approximate surface area is 144 Å². The number of amidine groups is 1. The van der Waals surface area contributed by atoms with Crippen LogP contribution in [0.3, 0.4) is 0 Å². The minimum absolute atomic E-state index is 0.288. The molecule has 0 atom stereocenters. The molecular formula is C16H10FN7S. The highest BCUT2D eigenvalue weighted by Crippen LogP contribution is 2.22. The molecule has 0 radical (unpaired) electrons. The van der Waals surface area contributed by atoms with Crippen LogP contribution in [0.15, 0.2) is 40.4 Å². The van der Waals surface area contributed by atoms with E-state index in [0.29, 0.717) is 39.3 Å². The topological polar surface area (TPSA) is 80.7 Å². The van der Waals surface area contributed by atoms with Gasteiger partial charge < -0.3 is 0 Å². The van der Waals surface area contributed by atoms with Gasteiger partial charge >= 0.3 is 0 Å². The summed E-state index contributed by atoms with van der Waals surface area (Å²) in [6.45, 7) is 0.568. The average molecular weight is 351 g/mol. The van der Waals surface area contributed by atoms with Crippen LogP contribution < -0.4 is 0 Å². The van der Waals surface area contributed by atoms with Crippen molar-refractivity contribution in [2.24, 2.45) is 9.98 Å². The van der Waals surface area contributed by atoms with E-state index in [4.69, 9.17) is 0 Å². The molecule has 122 valence electrons. The zero-order valence-electron chi connectivity index (χ0n) is 12.8. The predicted molar refractivity (Wildman–Crippen MR) is 93.1 cm³/mol. The fourth-order valence-corrected chi connectivity index (χ4v) is 3.54. The lowest BCUT2D eigenvalue weighted by Gasteiger charge is -2.04. The van der Waals surface area contributed by atoms with Crippen LogP contribution in [0, 0.1) is 5.82 Å². The van der Waals surface area contributed by atoms with Crippen LogP contribution >= 0.6 is 11.3 Å². The first kappa shape index (κ1) is 14.3. The molecular weight excluding hydrogens is 341 g/mol. The number of rotatable bonds is 3. The van der Waals surface area contributed by atoms with Gasteiger partial charge in [0.05, 0.1) is 12.1 Å². The summed E-state index contributed by atoms with van der Waals surface area (Å²) in [5.74, 6) is 0.856. The Morgan fingerprint density at radius 1 is 1.24 bits per heavy atom. The number of benzene rings is 1. The Hall–Kier alpha value is -3.07. The summed E-state index contributed by atoms with van der Waals surface area (Å²) in [4.78, 5) is 13.2. The monoisotopic (exact) mass is 351 g/mol. The average Bonchev–Trinajstić information content (AvgIpc) is 3.33. The molecule has 0 fully saturated rings. The first-order valence-electron chi connectivity index (χ1n) is 7.59. The predicted octanol–water partition coefficient (Wildman–Crippen LogP) is 2.29. The third kappa shape index (κ3) is 2.40. The number of pyridine rings is 1. The minimum Gasteiger partial charge on any atom is -0.258 e. The van der Waals surface area contributed by atoms with Gasteiger partial charge in [-0.05, 0) is 17.7 Å². The molecule has 9 heteroatoms. The van der Waals surface area contributed by atoms with Crippen molar-refractivity contribution in [1.82, 2.24) is 24.8 Å². The number of halogens is 1. The van der Waals surface area contributed by atoms with Gasteiger partial charge in [0, 0.05) is 30.3 Å². The van der Waals surface area contributed by atoms with Crippen molar-refractivity contribution in [3.63, 3.8) is 0 Å². The van der Waals surface area contributed by atoms with Gasteiger partial charge in [-0.15, -0.1) is 15.3 Å². The largest absolute Gasteiger partial charge is 0.258 e. The molecule has 4 aromatic rings. The van der Waals surface area contributed by atoms with Crippen LogP contribution in [-0.2, 0) is 6.42 Å². The fourth-order valence-electron chi connectivity index (χ4n) is 2.72. The lowest BCUT2D eigenvalue weighted by Crippen LogP contribution is -2.02.